The standard InChI is InChI=1S/C23H24F3N5O3S/c1-31-10-7-22(33,20(31)32)16-5-2-4-15(12-16)19-29-18(13-35-19)17-6-9-28-21(30-17)27-8-3-11-34-14-23(24,25)26/h2,4-6,9,12-13,33H,3,7-8,10-11,14H2,1H3,(H,27,28,30)/t22-/m1/s1. The van der Waals surface area contributed by atoms with Gasteiger partial charge in [-0.05, 0) is 24.1 Å². The van der Waals surface area contributed by atoms with E-state index in [1.165, 1.54) is 16.2 Å². The third-order valence-electron chi connectivity index (χ3n) is 5.53. The second-order valence-electron chi connectivity index (χ2n) is 8.17. The summed E-state index contributed by atoms with van der Waals surface area (Å²) in [7, 11) is 1.67. The van der Waals surface area contributed by atoms with Gasteiger partial charge >= 0.3 is 6.18 Å². The topological polar surface area (TPSA) is 100 Å². The molecule has 186 valence electrons. The van der Waals surface area contributed by atoms with Crippen LogP contribution in [0.1, 0.15) is 18.4 Å². The molecule has 1 saturated heterocycles. The molecule has 0 aliphatic carbocycles. The molecule has 0 bridgehead atoms. The molecule has 8 nitrogen and oxygen atoms in total. The first-order chi connectivity index (χ1) is 16.7. The van der Waals surface area contributed by atoms with Crippen molar-refractivity contribution in [1.82, 2.24) is 19.9 Å². The summed E-state index contributed by atoms with van der Waals surface area (Å²) in [6.07, 6.45) is -2.06. The lowest BCUT2D eigenvalue weighted by molar-refractivity contribution is -0.173. The highest BCUT2D eigenvalue weighted by molar-refractivity contribution is 7.13. The number of thiazole rings is 1. The molecule has 2 aromatic heterocycles. The van der Waals surface area contributed by atoms with Crippen LogP contribution in [0.2, 0.25) is 0 Å². The van der Waals surface area contributed by atoms with Gasteiger partial charge in [0.05, 0.1) is 5.69 Å². The van der Waals surface area contributed by atoms with Crippen molar-refractivity contribution in [3.05, 3.63) is 47.5 Å². The monoisotopic (exact) mass is 507 g/mol. The largest absolute Gasteiger partial charge is 0.411 e. The maximum Gasteiger partial charge on any atom is 0.411 e. The van der Waals surface area contributed by atoms with Gasteiger partial charge in [0.25, 0.3) is 5.91 Å². The Bertz CT molecular complexity index is 1190. The van der Waals surface area contributed by atoms with Crippen LogP contribution >= 0.6 is 11.3 Å². The highest BCUT2D eigenvalue weighted by Crippen LogP contribution is 2.36. The number of hydrogen-bond acceptors (Lipinski definition) is 8. The van der Waals surface area contributed by atoms with E-state index in [0.29, 0.717) is 53.8 Å². The number of ether oxygens (including phenoxy) is 1. The Morgan fingerprint density at radius 1 is 1.26 bits per heavy atom. The minimum Gasteiger partial charge on any atom is -0.375 e. The third kappa shape index (κ3) is 5.95. The lowest BCUT2D eigenvalue weighted by atomic mass is 9.91. The molecule has 0 unspecified atom stereocenters. The number of benzene rings is 1. The van der Waals surface area contributed by atoms with Gasteiger partial charge in [-0.3, -0.25) is 4.79 Å². The van der Waals surface area contributed by atoms with Crippen LogP contribution in [-0.2, 0) is 15.1 Å². The van der Waals surface area contributed by atoms with E-state index < -0.39 is 18.4 Å². The van der Waals surface area contributed by atoms with Crippen LogP contribution in [0.5, 0.6) is 0 Å². The smallest absolute Gasteiger partial charge is 0.375 e. The van der Waals surface area contributed by atoms with Gasteiger partial charge in [-0.2, -0.15) is 13.2 Å². The zero-order valence-electron chi connectivity index (χ0n) is 18.9. The number of nitrogens with one attached hydrogen (secondary N) is 1. The molecular formula is C23H24F3N5O3S. The predicted octanol–water partition coefficient (Wildman–Crippen LogP) is 3.70. The number of nitrogens with zero attached hydrogens (tertiary/aromatic N) is 4. The summed E-state index contributed by atoms with van der Waals surface area (Å²) >= 11 is 1.41. The number of carbonyl (C=O) groups excluding carboxylic acids is 1. The van der Waals surface area contributed by atoms with Crippen molar-refractivity contribution in [2.45, 2.75) is 24.6 Å². The lowest BCUT2D eigenvalue weighted by Gasteiger charge is -2.21. The van der Waals surface area contributed by atoms with Crippen LogP contribution in [0.15, 0.2) is 41.9 Å². The molecule has 0 saturated carbocycles. The Labute approximate surface area is 203 Å². The summed E-state index contributed by atoms with van der Waals surface area (Å²) in [6, 6.07) is 8.90. The highest BCUT2D eigenvalue weighted by Gasteiger charge is 2.45. The average molecular weight is 508 g/mol. The number of aliphatic hydroxyl groups is 1. The van der Waals surface area contributed by atoms with Gasteiger partial charge in [-0.25, -0.2) is 15.0 Å². The van der Waals surface area contributed by atoms with E-state index in [0.717, 1.165) is 5.56 Å². The molecular weight excluding hydrogens is 483 g/mol. The molecule has 1 atom stereocenters. The molecule has 2 N–H and O–H groups in total. The maximum absolute atomic E-state index is 12.5. The Hall–Kier alpha value is -3.09. The molecule has 4 rings (SSSR count). The summed E-state index contributed by atoms with van der Waals surface area (Å²) in [6.45, 7) is -0.447. The molecule has 1 aliphatic heterocycles. The zero-order chi connectivity index (χ0) is 25.1. The minimum absolute atomic E-state index is 0.0300. The summed E-state index contributed by atoms with van der Waals surface area (Å²) in [4.78, 5) is 27.2. The quantitative estimate of drug-likeness (QED) is 0.426. The molecule has 1 aliphatic rings. The van der Waals surface area contributed by atoms with E-state index in [1.54, 1.807) is 37.5 Å². The Morgan fingerprint density at radius 2 is 2.09 bits per heavy atom. The highest BCUT2D eigenvalue weighted by atomic mass is 32.1. The van der Waals surface area contributed by atoms with Crippen LogP contribution in [-0.4, -0.2) is 70.4 Å². The van der Waals surface area contributed by atoms with Crippen LogP contribution in [0, 0.1) is 0 Å². The van der Waals surface area contributed by atoms with Crippen molar-refractivity contribution in [3.63, 3.8) is 0 Å². The summed E-state index contributed by atoms with van der Waals surface area (Å²) < 4.78 is 40.9. The van der Waals surface area contributed by atoms with Crippen LogP contribution in [0.3, 0.4) is 0 Å². The molecule has 12 heteroatoms. The van der Waals surface area contributed by atoms with Gasteiger partial charge in [0, 0.05) is 50.3 Å². The molecule has 3 heterocycles. The SMILES string of the molecule is CN1CC[C@@](O)(c2cccc(-c3nc(-c4ccnc(NCCCOCC(F)(F)F)n4)cs3)c2)C1=O. The van der Waals surface area contributed by atoms with Gasteiger partial charge in [0.2, 0.25) is 5.95 Å². The molecule has 1 aromatic carbocycles. The number of halogens is 3. The van der Waals surface area contributed by atoms with Crippen LogP contribution < -0.4 is 5.32 Å². The van der Waals surface area contributed by atoms with E-state index in [9.17, 15) is 23.1 Å². The first-order valence-corrected chi connectivity index (χ1v) is 11.8. The number of carbonyl (C=O) groups is 1. The fourth-order valence-corrected chi connectivity index (χ4v) is 4.51. The van der Waals surface area contributed by atoms with Gasteiger partial charge in [-0.1, -0.05) is 18.2 Å². The molecule has 0 radical (unpaired) electrons. The Morgan fingerprint density at radius 3 is 2.83 bits per heavy atom. The first-order valence-electron chi connectivity index (χ1n) is 10.9. The van der Waals surface area contributed by atoms with Gasteiger partial charge in [-0.15, -0.1) is 11.3 Å². The third-order valence-corrected chi connectivity index (χ3v) is 6.42. The number of likely N-dealkylation sites (N-methyl/N-ethyl adjacent to an activating group) is 1. The number of rotatable bonds is 9. The van der Waals surface area contributed by atoms with Crippen molar-refractivity contribution in [2.24, 2.45) is 0 Å². The van der Waals surface area contributed by atoms with Crippen LogP contribution in [0.25, 0.3) is 22.0 Å². The van der Waals surface area contributed by atoms with Crippen molar-refractivity contribution in [3.8, 4) is 22.0 Å². The number of amides is 1. The molecule has 1 fully saturated rings. The second kappa shape index (κ2) is 10.3. The van der Waals surface area contributed by atoms with Crippen molar-refractivity contribution < 1.29 is 27.8 Å². The number of hydrogen-bond donors (Lipinski definition) is 2. The van der Waals surface area contributed by atoms with Crippen molar-refractivity contribution >= 4 is 23.2 Å². The lowest BCUT2D eigenvalue weighted by Crippen LogP contribution is -2.36. The van der Waals surface area contributed by atoms with E-state index in [1.807, 2.05) is 11.4 Å². The number of alkyl halides is 3. The molecule has 35 heavy (non-hydrogen) atoms. The summed E-state index contributed by atoms with van der Waals surface area (Å²) in [5.41, 5.74) is 0.996. The van der Waals surface area contributed by atoms with E-state index in [2.05, 4.69) is 25.0 Å². The molecule has 1 amide bonds. The van der Waals surface area contributed by atoms with Crippen LogP contribution in [0.4, 0.5) is 19.1 Å². The van der Waals surface area contributed by atoms with Crippen molar-refractivity contribution in [2.75, 3.05) is 38.7 Å². The predicted molar refractivity (Wildman–Crippen MR) is 125 cm³/mol. The van der Waals surface area contributed by atoms with Crippen molar-refractivity contribution in [1.29, 1.82) is 0 Å². The van der Waals surface area contributed by atoms with E-state index in [-0.39, 0.29) is 12.5 Å². The second-order valence-corrected chi connectivity index (χ2v) is 9.03. The maximum atomic E-state index is 12.5. The Kier molecular flexibility index (Phi) is 7.33. The minimum atomic E-state index is -4.33. The Balaban J connectivity index is 1.41. The number of likely N-dealkylation sites (tertiary alicyclic amines) is 1. The van der Waals surface area contributed by atoms with E-state index >= 15 is 0 Å². The first kappa shape index (κ1) is 25.0. The normalized spacial score (nSPS) is 18.3. The van der Waals surface area contributed by atoms with E-state index in [4.69, 9.17) is 0 Å². The summed E-state index contributed by atoms with van der Waals surface area (Å²) in [5.74, 6) is 0.0170. The van der Waals surface area contributed by atoms with Gasteiger partial charge in [0.15, 0.2) is 5.60 Å². The van der Waals surface area contributed by atoms with Gasteiger partial charge < -0.3 is 20.1 Å². The molecule has 3 aromatic rings. The fraction of sp³-hybridized carbons (Fsp3) is 0.391. The number of aromatic nitrogens is 3. The van der Waals surface area contributed by atoms with Gasteiger partial charge in [0.1, 0.15) is 17.3 Å². The fourth-order valence-electron chi connectivity index (χ4n) is 3.70. The zero-order valence-corrected chi connectivity index (χ0v) is 19.7. The average Bonchev–Trinajstić information content (AvgIpc) is 3.43. The molecule has 0 spiro atoms. The summed E-state index contributed by atoms with van der Waals surface area (Å²) in [5, 5.41) is 16.5. The number of anilines is 1.